The van der Waals surface area contributed by atoms with Crippen LogP contribution in [0.1, 0.15) is 36.7 Å². The Balaban J connectivity index is 2.07. The van der Waals surface area contributed by atoms with Gasteiger partial charge in [-0.25, -0.2) is 0 Å². The Morgan fingerprint density at radius 1 is 0.958 bits per heavy atom. The Bertz CT molecular complexity index is 817. The van der Waals surface area contributed by atoms with Crippen molar-refractivity contribution in [2.24, 2.45) is 0 Å². The van der Waals surface area contributed by atoms with Gasteiger partial charge in [0.15, 0.2) is 0 Å². The van der Waals surface area contributed by atoms with Crippen molar-refractivity contribution in [1.82, 2.24) is 0 Å². The zero-order valence-electron chi connectivity index (χ0n) is 14.2. The summed E-state index contributed by atoms with van der Waals surface area (Å²) in [6.07, 6.45) is 0.967. The summed E-state index contributed by atoms with van der Waals surface area (Å²) in [6.45, 7) is 6.38. The predicted octanol–water partition coefficient (Wildman–Crippen LogP) is 3.57. The molecule has 2 rings (SSSR count). The summed E-state index contributed by atoms with van der Waals surface area (Å²) in [5.74, 6) is -0.104. The van der Waals surface area contributed by atoms with Crippen LogP contribution < -0.4 is 9.50 Å². The predicted molar refractivity (Wildman–Crippen MR) is 95.0 cm³/mol. The Morgan fingerprint density at radius 2 is 1.50 bits per heavy atom. The fourth-order valence-electron chi connectivity index (χ4n) is 2.09. The molecule has 0 spiro atoms. The number of carbonyl (C=O) groups excluding carboxylic acids is 1. The standard InChI is InChI=1S/C18H21NO4S/c1-18(2,3)14-7-9-15(10-8-14)19-17(20)13-5-11-16(12-6-13)23-24(4,21)22/h5-12H,1-4H3,(H,19,20). The minimum atomic E-state index is -3.58. The van der Waals surface area contributed by atoms with Gasteiger partial charge < -0.3 is 9.50 Å². The Morgan fingerprint density at radius 3 is 1.96 bits per heavy atom. The summed E-state index contributed by atoms with van der Waals surface area (Å²) in [4.78, 5) is 12.2. The maximum Gasteiger partial charge on any atom is 0.306 e. The van der Waals surface area contributed by atoms with Crippen LogP contribution in [0.4, 0.5) is 5.69 Å². The first-order chi connectivity index (χ1) is 11.0. The minimum absolute atomic E-state index is 0.0536. The summed E-state index contributed by atoms with van der Waals surface area (Å²) in [7, 11) is -3.58. The molecule has 0 aliphatic carbocycles. The van der Waals surface area contributed by atoms with E-state index >= 15 is 0 Å². The first-order valence-corrected chi connectivity index (χ1v) is 9.28. The SMILES string of the molecule is CC(C)(C)c1ccc(NC(=O)c2ccc(OS(C)(=O)=O)cc2)cc1. The topological polar surface area (TPSA) is 72.5 Å². The molecule has 2 aromatic carbocycles. The van der Waals surface area contributed by atoms with Crippen molar-refractivity contribution in [3.63, 3.8) is 0 Å². The van der Waals surface area contributed by atoms with Crippen molar-refractivity contribution in [2.45, 2.75) is 26.2 Å². The molecule has 128 valence electrons. The van der Waals surface area contributed by atoms with Gasteiger partial charge in [-0.15, -0.1) is 0 Å². The van der Waals surface area contributed by atoms with Crippen LogP contribution in [0.3, 0.4) is 0 Å². The number of benzene rings is 2. The number of hydrogen-bond donors (Lipinski definition) is 1. The van der Waals surface area contributed by atoms with Gasteiger partial charge >= 0.3 is 10.1 Å². The lowest BCUT2D eigenvalue weighted by Gasteiger charge is -2.19. The lowest BCUT2D eigenvalue weighted by atomic mass is 9.87. The molecule has 0 unspecified atom stereocenters. The first kappa shape index (κ1) is 18.0. The van der Waals surface area contributed by atoms with E-state index in [9.17, 15) is 13.2 Å². The number of carbonyl (C=O) groups is 1. The van der Waals surface area contributed by atoms with E-state index in [1.807, 2.05) is 24.3 Å². The molecule has 24 heavy (non-hydrogen) atoms. The van der Waals surface area contributed by atoms with E-state index in [4.69, 9.17) is 4.18 Å². The molecule has 6 heteroatoms. The number of hydrogen-bond acceptors (Lipinski definition) is 4. The number of anilines is 1. The highest BCUT2D eigenvalue weighted by atomic mass is 32.2. The monoisotopic (exact) mass is 347 g/mol. The molecular formula is C18H21NO4S. The highest BCUT2D eigenvalue weighted by Gasteiger charge is 2.13. The van der Waals surface area contributed by atoms with Gasteiger partial charge in [0.05, 0.1) is 6.26 Å². The van der Waals surface area contributed by atoms with Gasteiger partial charge in [0.25, 0.3) is 5.91 Å². The van der Waals surface area contributed by atoms with Crippen molar-refractivity contribution in [2.75, 3.05) is 11.6 Å². The van der Waals surface area contributed by atoms with E-state index in [2.05, 4.69) is 26.1 Å². The fraction of sp³-hybridized carbons (Fsp3) is 0.278. The molecule has 0 aromatic heterocycles. The Kier molecular flexibility index (Phi) is 4.99. The molecule has 0 aliphatic rings. The van der Waals surface area contributed by atoms with Crippen LogP contribution in [-0.4, -0.2) is 20.6 Å². The molecule has 0 bridgehead atoms. The van der Waals surface area contributed by atoms with Gasteiger partial charge in [0, 0.05) is 11.3 Å². The normalized spacial score (nSPS) is 11.8. The van der Waals surface area contributed by atoms with E-state index in [-0.39, 0.29) is 17.1 Å². The van der Waals surface area contributed by atoms with E-state index in [0.717, 1.165) is 6.26 Å². The third-order valence-corrected chi connectivity index (χ3v) is 3.87. The van der Waals surface area contributed by atoms with Crippen molar-refractivity contribution >= 4 is 21.7 Å². The van der Waals surface area contributed by atoms with Gasteiger partial charge in [0.2, 0.25) is 0 Å². The molecule has 1 amide bonds. The molecule has 0 radical (unpaired) electrons. The first-order valence-electron chi connectivity index (χ1n) is 7.46. The van der Waals surface area contributed by atoms with Gasteiger partial charge in [0.1, 0.15) is 5.75 Å². The van der Waals surface area contributed by atoms with Crippen LogP contribution >= 0.6 is 0 Å². The van der Waals surface area contributed by atoms with Crippen molar-refractivity contribution < 1.29 is 17.4 Å². The average Bonchev–Trinajstić information content (AvgIpc) is 2.46. The van der Waals surface area contributed by atoms with Gasteiger partial charge in [-0.1, -0.05) is 32.9 Å². The lowest BCUT2D eigenvalue weighted by molar-refractivity contribution is 0.102. The molecule has 1 N–H and O–H groups in total. The quantitative estimate of drug-likeness (QED) is 0.858. The fourth-order valence-corrected chi connectivity index (χ4v) is 2.55. The number of amides is 1. The third kappa shape index (κ3) is 5.09. The number of nitrogens with one attached hydrogen (secondary N) is 1. The summed E-state index contributed by atoms with van der Waals surface area (Å²) in [6, 6.07) is 13.6. The van der Waals surface area contributed by atoms with E-state index in [1.165, 1.54) is 29.8 Å². The largest absolute Gasteiger partial charge is 0.383 e. The molecule has 2 aromatic rings. The maximum absolute atomic E-state index is 12.2. The highest BCUT2D eigenvalue weighted by Crippen LogP contribution is 2.23. The third-order valence-electron chi connectivity index (χ3n) is 3.37. The van der Waals surface area contributed by atoms with Crippen LogP contribution in [-0.2, 0) is 15.5 Å². The Hall–Kier alpha value is -2.34. The second-order valence-electron chi connectivity index (χ2n) is 6.59. The van der Waals surface area contributed by atoms with Gasteiger partial charge in [-0.2, -0.15) is 8.42 Å². The second-order valence-corrected chi connectivity index (χ2v) is 8.17. The minimum Gasteiger partial charge on any atom is -0.383 e. The summed E-state index contributed by atoms with van der Waals surface area (Å²) < 4.78 is 26.9. The highest BCUT2D eigenvalue weighted by molar-refractivity contribution is 7.86. The molecule has 0 fully saturated rings. The second kappa shape index (κ2) is 6.65. The lowest BCUT2D eigenvalue weighted by Crippen LogP contribution is -2.13. The molecular weight excluding hydrogens is 326 g/mol. The molecule has 0 atom stereocenters. The van der Waals surface area contributed by atoms with E-state index < -0.39 is 10.1 Å². The summed E-state index contributed by atoms with van der Waals surface area (Å²) in [5.41, 5.74) is 2.35. The van der Waals surface area contributed by atoms with Crippen molar-refractivity contribution in [3.05, 3.63) is 59.7 Å². The van der Waals surface area contributed by atoms with Crippen LogP contribution in [0, 0.1) is 0 Å². The van der Waals surface area contributed by atoms with Gasteiger partial charge in [-0.3, -0.25) is 4.79 Å². The zero-order valence-corrected chi connectivity index (χ0v) is 15.0. The van der Waals surface area contributed by atoms with Crippen LogP contribution in [0.5, 0.6) is 5.75 Å². The molecule has 0 saturated carbocycles. The molecule has 0 saturated heterocycles. The van der Waals surface area contributed by atoms with Gasteiger partial charge in [-0.05, 0) is 47.4 Å². The van der Waals surface area contributed by atoms with Crippen molar-refractivity contribution in [3.8, 4) is 5.75 Å². The van der Waals surface area contributed by atoms with E-state index in [1.54, 1.807) is 0 Å². The summed E-state index contributed by atoms with van der Waals surface area (Å²) >= 11 is 0. The molecule has 0 aliphatic heterocycles. The maximum atomic E-state index is 12.2. The van der Waals surface area contributed by atoms with Crippen LogP contribution in [0.2, 0.25) is 0 Å². The van der Waals surface area contributed by atoms with Crippen LogP contribution in [0.25, 0.3) is 0 Å². The van der Waals surface area contributed by atoms with E-state index in [0.29, 0.717) is 11.3 Å². The van der Waals surface area contributed by atoms with Crippen molar-refractivity contribution in [1.29, 1.82) is 0 Å². The molecule has 5 nitrogen and oxygen atoms in total. The molecule has 0 heterocycles. The zero-order chi connectivity index (χ0) is 18.0. The smallest absolute Gasteiger partial charge is 0.306 e. The van der Waals surface area contributed by atoms with Crippen LogP contribution in [0.15, 0.2) is 48.5 Å². The number of rotatable bonds is 4. The average molecular weight is 347 g/mol. The summed E-state index contributed by atoms with van der Waals surface area (Å²) in [5, 5.41) is 2.81. The Labute approximate surface area is 142 Å².